The molecule has 0 radical (unpaired) electrons. The number of carbonyl (C=O) groups is 1. The van der Waals surface area contributed by atoms with Gasteiger partial charge < -0.3 is 10.2 Å². The molecule has 1 aliphatic heterocycles. The van der Waals surface area contributed by atoms with Gasteiger partial charge >= 0.3 is 0 Å². The van der Waals surface area contributed by atoms with Crippen LogP contribution in [0, 0.1) is 11.7 Å². The molecule has 2 fully saturated rings. The molecule has 1 aliphatic carbocycles. The van der Waals surface area contributed by atoms with E-state index in [9.17, 15) is 17.6 Å². The Labute approximate surface area is 167 Å². The van der Waals surface area contributed by atoms with Gasteiger partial charge in [0.15, 0.2) is 6.04 Å². The Kier molecular flexibility index (Phi) is 6.73. The van der Waals surface area contributed by atoms with Gasteiger partial charge in [-0.3, -0.25) is 4.79 Å². The van der Waals surface area contributed by atoms with E-state index in [1.807, 2.05) is 6.92 Å². The number of benzene rings is 1. The highest BCUT2D eigenvalue weighted by atomic mass is 32.2. The van der Waals surface area contributed by atoms with Gasteiger partial charge in [0.05, 0.1) is 26.2 Å². The predicted octanol–water partition coefficient (Wildman–Crippen LogP) is 0.798. The van der Waals surface area contributed by atoms with Gasteiger partial charge in [0, 0.05) is 6.04 Å². The van der Waals surface area contributed by atoms with Crippen molar-refractivity contribution in [3.8, 4) is 0 Å². The van der Waals surface area contributed by atoms with Gasteiger partial charge in [0.2, 0.25) is 10.0 Å². The molecular formula is C20H31FN3O3S+. The first-order chi connectivity index (χ1) is 13.3. The second-order valence-corrected chi connectivity index (χ2v) is 10.00. The van der Waals surface area contributed by atoms with Crippen molar-refractivity contribution >= 4 is 15.9 Å². The standard InChI is InChI=1S/C20H30FN3O3S/c1-15-7-3-5-9-18(15)22-20(25)16(2)23-11-13-24(14-12-23)28(26,27)19-10-6-4-8-17(19)21/h4,6,8,10,15-16,18H,3,5,7,9,11-14H2,1-2H3,(H,22,25)/p+1/t15-,16-,18+/m1/s1. The molecule has 1 saturated carbocycles. The second kappa shape index (κ2) is 8.88. The molecule has 0 bridgehead atoms. The zero-order valence-electron chi connectivity index (χ0n) is 16.7. The average molecular weight is 413 g/mol. The maximum atomic E-state index is 13.9. The van der Waals surface area contributed by atoms with Crippen LogP contribution in [0.25, 0.3) is 0 Å². The van der Waals surface area contributed by atoms with Crippen molar-refractivity contribution in [2.75, 3.05) is 26.2 Å². The lowest BCUT2D eigenvalue weighted by Crippen LogP contribution is -3.19. The first kappa shape index (κ1) is 21.2. The summed E-state index contributed by atoms with van der Waals surface area (Å²) in [7, 11) is -3.85. The van der Waals surface area contributed by atoms with E-state index in [0.717, 1.165) is 30.2 Å². The van der Waals surface area contributed by atoms with Crippen LogP contribution in [0.5, 0.6) is 0 Å². The number of carbonyl (C=O) groups excluding carboxylic acids is 1. The SMILES string of the molecule is C[C@@H]1CCCC[C@@H]1NC(=O)[C@@H](C)[NH+]1CCN(S(=O)(=O)c2ccccc2F)CC1. The summed E-state index contributed by atoms with van der Waals surface area (Å²) in [5.74, 6) is -0.187. The highest BCUT2D eigenvalue weighted by molar-refractivity contribution is 7.89. The van der Waals surface area contributed by atoms with Crippen LogP contribution in [0.4, 0.5) is 4.39 Å². The van der Waals surface area contributed by atoms with Gasteiger partial charge in [-0.15, -0.1) is 0 Å². The Morgan fingerprint density at radius 3 is 2.50 bits per heavy atom. The molecule has 0 aromatic heterocycles. The third kappa shape index (κ3) is 4.55. The molecule has 2 N–H and O–H groups in total. The number of piperazine rings is 1. The third-order valence-corrected chi connectivity index (χ3v) is 8.20. The van der Waals surface area contributed by atoms with Crippen molar-refractivity contribution in [3.05, 3.63) is 30.1 Å². The van der Waals surface area contributed by atoms with Crippen LogP contribution in [-0.2, 0) is 14.8 Å². The molecule has 156 valence electrons. The van der Waals surface area contributed by atoms with Crippen molar-refractivity contribution in [1.29, 1.82) is 0 Å². The molecule has 1 aromatic rings. The average Bonchev–Trinajstić information content (AvgIpc) is 2.69. The minimum Gasteiger partial charge on any atom is -0.348 e. The number of nitrogens with one attached hydrogen (secondary N) is 2. The van der Waals surface area contributed by atoms with Crippen LogP contribution < -0.4 is 10.2 Å². The summed E-state index contributed by atoms with van der Waals surface area (Å²) in [5, 5.41) is 3.20. The van der Waals surface area contributed by atoms with Crippen molar-refractivity contribution in [1.82, 2.24) is 9.62 Å². The van der Waals surface area contributed by atoms with Crippen molar-refractivity contribution in [2.45, 2.75) is 56.5 Å². The van der Waals surface area contributed by atoms with Crippen LogP contribution in [0.15, 0.2) is 29.2 Å². The third-order valence-electron chi connectivity index (χ3n) is 6.26. The number of nitrogens with zero attached hydrogens (tertiary/aromatic N) is 1. The van der Waals surface area contributed by atoms with Gasteiger partial charge in [-0.1, -0.05) is 31.9 Å². The molecule has 8 heteroatoms. The lowest BCUT2D eigenvalue weighted by Gasteiger charge is -2.35. The largest absolute Gasteiger partial charge is 0.348 e. The Morgan fingerprint density at radius 1 is 1.21 bits per heavy atom. The molecule has 2 aliphatic rings. The Bertz CT molecular complexity index is 794. The van der Waals surface area contributed by atoms with Crippen LogP contribution in [0.3, 0.4) is 0 Å². The van der Waals surface area contributed by atoms with E-state index >= 15 is 0 Å². The molecular weight excluding hydrogens is 381 g/mol. The molecule has 1 amide bonds. The van der Waals surface area contributed by atoms with E-state index in [-0.39, 0.29) is 36.0 Å². The van der Waals surface area contributed by atoms with Gasteiger partial charge in [-0.2, -0.15) is 4.31 Å². The normalized spacial score (nSPS) is 26.0. The summed E-state index contributed by atoms with van der Waals surface area (Å²) in [5.41, 5.74) is 0. The van der Waals surface area contributed by atoms with Gasteiger partial charge in [-0.05, 0) is 37.8 Å². The van der Waals surface area contributed by atoms with Crippen molar-refractivity contribution in [2.24, 2.45) is 5.92 Å². The highest BCUT2D eigenvalue weighted by Crippen LogP contribution is 2.23. The maximum Gasteiger partial charge on any atom is 0.278 e. The molecule has 6 nitrogen and oxygen atoms in total. The van der Waals surface area contributed by atoms with Crippen LogP contribution in [-0.4, -0.2) is 56.9 Å². The van der Waals surface area contributed by atoms with E-state index < -0.39 is 15.8 Å². The summed E-state index contributed by atoms with van der Waals surface area (Å²) >= 11 is 0. The van der Waals surface area contributed by atoms with Crippen LogP contribution >= 0.6 is 0 Å². The number of amides is 1. The maximum absolute atomic E-state index is 13.9. The number of sulfonamides is 1. The van der Waals surface area contributed by atoms with Gasteiger partial charge in [0.25, 0.3) is 5.91 Å². The first-order valence-corrected chi connectivity index (χ1v) is 11.6. The molecule has 1 aromatic carbocycles. The minimum atomic E-state index is -3.85. The Morgan fingerprint density at radius 2 is 1.86 bits per heavy atom. The Balaban J connectivity index is 1.57. The molecule has 0 spiro atoms. The summed E-state index contributed by atoms with van der Waals surface area (Å²) in [4.78, 5) is 13.5. The monoisotopic (exact) mass is 412 g/mol. The molecule has 3 atom stereocenters. The van der Waals surface area contributed by atoms with Crippen LogP contribution in [0.2, 0.25) is 0 Å². The molecule has 28 heavy (non-hydrogen) atoms. The highest BCUT2D eigenvalue weighted by Gasteiger charge is 2.36. The fourth-order valence-corrected chi connectivity index (χ4v) is 5.77. The van der Waals surface area contributed by atoms with E-state index in [1.54, 1.807) is 0 Å². The van der Waals surface area contributed by atoms with Gasteiger partial charge in [-0.25, -0.2) is 12.8 Å². The molecule has 0 unspecified atom stereocenters. The zero-order valence-corrected chi connectivity index (χ0v) is 17.5. The van der Waals surface area contributed by atoms with Crippen molar-refractivity contribution < 1.29 is 22.5 Å². The summed E-state index contributed by atoms with van der Waals surface area (Å²) in [6.07, 6.45) is 4.57. The van der Waals surface area contributed by atoms with E-state index in [0.29, 0.717) is 19.0 Å². The second-order valence-electron chi connectivity index (χ2n) is 8.09. The molecule has 1 heterocycles. The smallest absolute Gasteiger partial charge is 0.278 e. The summed E-state index contributed by atoms with van der Waals surface area (Å²) in [6, 6.07) is 5.47. The van der Waals surface area contributed by atoms with E-state index in [1.165, 1.54) is 28.9 Å². The fraction of sp³-hybridized carbons (Fsp3) is 0.650. The fourth-order valence-electron chi connectivity index (χ4n) is 4.26. The minimum absolute atomic E-state index is 0.0409. The summed E-state index contributed by atoms with van der Waals surface area (Å²) in [6.45, 7) is 5.71. The van der Waals surface area contributed by atoms with E-state index in [4.69, 9.17) is 0 Å². The quantitative estimate of drug-likeness (QED) is 0.752. The topological polar surface area (TPSA) is 70.9 Å². The van der Waals surface area contributed by atoms with Crippen molar-refractivity contribution in [3.63, 3.8) is 0 Å². The number of halogens is 1. The zero-order chi connectivity index (χ0) is 20.3. The number of quaternary nitrogens is 1. The van der Waals surface area contributed by atoms with E-state index in [2.05, 4.69) is 12.2 Å². The number of hydrogen-bond donors (Lipinski definition) is 2. The first-order valence-electron chi connectivity index (χ1n) is 10.2. The lowest BCUT2D eigenvalue weighted by atomic mass is 9.86. The summed E-state index contributed by atoms with van der Waals surface area (Å²) < 4.78 is 40.7. The lowest BCUT2D eigenvalue weighted by molar-refractivity contribution is -0.917. The molecule has 1 saturated heterocycles. The van der Waals surface area contributed by atoms with Gasteiger partial charge in [0.1, 0.15) is 10.7 Å². The van der Waals surface area contributed by atoms with Crippen LogP contribution in [0.1, 0.15) is 39.5 Å². The Hall–Kier alpha value is -1.51. The predicted molar refractivity (Wildman–Crippen MR) is 105 cm³/mol. The number of hydrogen-bond acceptors (Lipinski definition) is 3. The number of rotatable bonds is 5. The molecule has 3 rings (SSSR count).